The largest absolute Gasteiger partial charge is 0.478 e. The number of hydrogen-bond donors (Lipinski definition) is 1. The van der Waals surface area contributed by atoms with Gasteiger partial charge in [-0.2, -0.15) is 0 Å². The van der Waals surface area contributed by atoms with Crippen LogP contribution in [-0.4, -0.2) is 29.6 Å². The van der Waals surface area contributed by atoms with Gasteiger partial charge < -0.3 is 5.11 Å². The maximum atomic E-state index is 13.4. The van der Waals surface area contributed by atoms with E-state index in [9.17, 15) is 9.18 Å². The van der Waals surface area contributed by atoms with Crippen LogP contribution < -0.4 is 0 Å². The monoisotopic (exact) mass is 257 g/mol. The molecule has 0 atom stereocenters. The van der Waals surface area contributed by atoms with E-state index in [2.05, 4.69) is 0 Å². The second-order valence-corrected chi connectivity index (χ2v) is 4.11. The summed E-state index contributed by atoms with van der Waals surface area (Å²) in [6, 6.07) is 4.37. The van der Waals surface area contributed by atoms with E-state index < -0.39 is 5.97 Å². The van der Waals surface area contributed by atoms with E-state index in [4.69, 9.17) is 16.7 Å². The normalized spacial score (nSPS) is 11.3. The fourth-order valence-electron chi connectivity index (χ4n) is 1.35. The zero-order valence-corrected chi connectivity index (χ0v) is 10.1. The molecular formula is C12H13ClFNO2. The van der Waals surface area contributed by atoms with Gasteiger partial charge in [0, 0.05) is 29.8 Å². The number of carbonyl (C=O) groups is 1. The predicted molar refractivity (Wildman–Crippen MR) is 64.5 cm³/mol. The van der Waals surface area contributed by atoms with Gasteiger partial charge in [-0.05, 0) is 25.2 Å². The van der Waals surface area contributed by atoms with Crippen LogP contribution in [0.5, 0.6) is 0 Å². The van der Waals surface area contributed by atoms with Gasteiger partial charge in [-0.1, -0.05) is 17.7 Å². The Balaban J connectivity index is 2.58. The number of benzene rings is 1. The molecular weight excluding hydrogens is 245 g/mol. The van der Waals surface area contributed by atoms with Crippen molar-refractivity contribution in [3.63, 3.8) is 0 Å². The minimum absolute atomic E-state index is 0.316. The van der Waals surface area contributed by atoms with Gasteiger partial charge in [0.15, 0.2) is 0 Å². The fourth-order valence-corrected chi connectivity index (χ4v) is 1.55. The highest BCUT2D eigenvalue weighted by atomic mass is 35.5. The molecule has 0 radical (unpaired) electrons. The van der Waals surface area contributed by atoms with Crippen molar-refractivity contribution in [2.45, 2.75) is 6.54 Å². The Morgan fingerprint density at radius 2 is 2.29 bits per heavy atom. The van der Waals surface area contributed by atoms with Gasteiger partial charge in [-0.25, -0.2) is 9.18 Å². The minimum atomic E-state index is -0.993. The Morgan fingerprint density at radius 1 is 1.59 bits per heavy atom. The van der Waals surface area contributed by atoms with Crippen LogP contribution in [0.4, 0.5) is 4.39 Å². The lowest BCUT2D eigenvalue weighted by molar-refractivity contribution is -0.131. The molecule has 0 bridgehead atoms. The van der Waals surface area contributed by atoms with Crippen molar-refractivity contribution in [1.82, 2.24) is 4.90 Å². The molecule has 0 aromatic heterocycles. The van der Waals surface area contributed by atoms with E-state index in [1.54, 1.807) is 18.0 Å². The molecule has 0 aliphatic heterocycles. The minimum Gasteiger partial charge on any atom is -0.478 e. The number of nitrogens with zero attached hydrogens (tertiary/aromatic N) is 1. The summed E-state index contributed by atoms with van der Waals surface area (Å²) in [6.07, 6.45) is 2.57. The lowest BCUT2D eigenvalue weighted by Gasteiger charge is -2.14. The third-order valence-corrected chi connectivity index (χ3v) is 2.36. The van der Waals surface area contributed by atoms with E-state index >= 15 is 0 Å². The average molecular weight is 258 g/mol. The van der Waals surface area contributed by atoms with Crippen LogP contribution in [-0.2, 0) is 11.3 Å². The topological polar surface area (TPSA) is 40.5 Å². The van der Waals surface area contributed by atoms with Gasteiger partial charge in [0.05, 0.1) is 0 Å². The molecule has 0 saturated carbocycles. The molecule has 0 fully saturated rings. The summed E-state index contributed by atoms with van der Waals surface area (Å²) in [5.74, 6) is -1.31. The SMILES string of the molecule is CN(C/C=C/C(=O)O)Cc1cc(Cl)ccc1F. The molecule has 1 aromatic carbocycles. The standard InChI is InChI=1S/C12H13ClFNO2/c1-15(6-2-3-12(16)17)8-9-7-10(13)4-5-11(9)14/h2-5,7H,6,8H2,1H3,(H,16,17)/b3-2+. The average Bonchev–Trinajstić information content (AvgIpc) is 2.23. The molecule has 1 N–H and O–H groups in total. The summed E-state index contributed by atoms with van der Waals surface area (Å²) in [7, 11) is 1.77. The Hall–Kier alpha value is -1.39. The number of carboxylic acids is 1. The summed E-state index contributed by atoms with van der Waals surface area (Å²) in [6.45, 7) is 0.800. The maximum absolute atomic E-state index is 13.4. The highest BCUT2D eigenvalue weighted by molar-refractivity contribution is 6.30. The summed E-state index contributed by atoms with van der Waals surface area (Å²) in [5.41, 5.74) is 0.490. The number of rotatable bonds is 5. The Bertz CT molecular complexity index is 435. The highest BCUT2D eigenvalue weighted by Gasteiger charge is 2.05. The first-order valence-corrected chi connectivity index (χ1v) is 5.39. The number of carboxylic acid groups (broad SMARTS) is 1. The van der Waals surface area contributed by atoms with Gasteiger partial charge in [0.1, 0.15) is 5.82 Å². The zero-order chi connectivity index (χ0) is 12.8. The second kappa shape index (κ2) is 6.37. The van der Waals surface area contributed by atoms with E-state index in [0.717, 1.165) is 6.08 Å². The lowest BCUT2D eigenvalue weighted by Crippen LogP contribution is -2.18. The number of aliphatic carboxylic acids is 1. The quantitative estimate of drug-likeness (QED) is 0.824. The van der Waals surface area contributed by atoms with Crippen LogP contribution in [0.3, 0.4) is 0 Å². The number of halogens is 2. The summed E-state index contributed by atoms with van der Waals surface area (Å²) in [5, 5.41) is 8.90. The van der Waals surface area contributed by atoms with Gasteiger partial charge in [-0.15, -0.1) is 0 Å². The summed E-state index contributed by atoms with van der Waals surface area (Å²) in [4.78, 5) is 12.0. The van der Waals surface area contributed by atoms with Crippen molar-refractivity contribution in [3.05, 3.63) is 46.8 Å². The molecule has 0 aliphatic carbocycles. The van der Waals surface area contributed by atoms with Crippen molar-refractivity contribution in [2.75, 3.05) is 13.6 Å². The van der Waals surface area contributed by atoms with Gasteiger partial charge in [0.2, 0.25) is 0 Å². The smallest absolute Gasteiger partial charge is 0.328 e. The van der Waals surface area contributed by atoms with Crippen LogP contribution in [0.25, 0.3) is 0 Å². The van der Waals surface area contributed by atoms with Crippen LogP contribution in [0.2, 0.25) is 5.02 Å². The third-order valence-electron chi connectivity index (χ3n) is 2.13. The molecule has 92 valence electrons. The fraction of sp³-hybridized carbons (Fsp3) is 0.250. The van der Waals surface area contributed by atoms with E-state index in [1.165, 1.54) is 18.2 Å². The second-order valence-electron chi connectivity index (χ2n) is 3.67. The van der Waals surface area contributed by atoms with Crippen molar-refractivity contribution < 1.29 is 14.3 Å². The molecule has 0 spiro atoms. The Kier molecular flexibility index (Phi) is 5.12. The first-order valence-electron chi connectivity index (χ1n) is 5.01. The molecule has 17 heavy (non-hydrogen) atoms. The van der Waals surface area contributed by atoms with E-state index in [-0.39, 0.29) is 5.82 Å². The molecule has 0 unspecified atom stereocenters. The molecule has 0 heterocycles. The first kappa shape index (κ1) is 13.7. The molecule has 1 aromatic rings. The highest BCUT2D eigenvalue weighted by Crippen LogP contribution is 2.16. The Morgan fingerprint density at radius 3 is 2.94 bits per heavy atom. The summed E-state index contributed by atoms with van der Waals surface area (Å²) < 4.78 is 13.4. The lowest BCUT2D eigenvalue weighted by atomic mass is 10.2. The molecule has 0 amide bonds. The first-order chi connectivity index (χ1) is 7.99. The number of likely N-dealkylation sites (N-methyl/N-ethyl adjacent to an activating group) is 1. The van der Waals surface area contributed by atoms with Crippen molar-refractivity contribution in [3.8, 4) is 0 Å². The zero-order valence-electron chi connectivity index (χ0n) is 9.36. The predicted octanol–water partition coefficient (Wildman–Crippen LogP) is 2.55. The van der Waals surface area contributed by atoms with Crippen LogP contribution in [0, 0.1) is 5.82 Å². The van der Waals surface area contributed by atoms with Crippen molar-refractivity contribution >= 4 is 17.6 Å². The maximum Gasteiger partial charge on any atom is 0.328 e. The van der Waals surface area contributed by atoms with E-state index in [0.29, 0.717) is 23.7 Å². The van der Waals surface area contributed by atoms with E-state index in [1.807, 2.05) is 0 Å². The molecule has 0 aliphatic rings. The Labute approximate surface area is 104 Å². The molecule has 0 saturated heterocycles. The van der Waals surface area contributed by atoms with Crippen molar-refractivity contribution in [1.29, 1.82) is 0 Å². The molecule has 3 nitrogen and oxygen atoms in total. The van der Waals surface area contributed by atoms with Gasteiger partial charge in [-0.3, -0.25) is 4.90 Å². The van der Waals surface area contributed by atoms with Gasteiger partial charge in [0.25, 0.3) is 0 Å². The third kappa shape index (κ3) is 4.97. The summed E-state index contributed by atoms with van der Waals surface area (Å²) >= 11 is 5.77. The van der Waals surface area contributed by atoms with Crippen LogP contribution >= 0.6 is 11.6 Å². The molecule has 1 rings (SSSR count). The van der Waals surface area contributed by atoms with Crippen molar-refractivity contribution in [2.24, 2.45) is 0 Å². The number of hydrogen-bond acceptors (Lipinski definition) is 2. The van der Waals surface area contributed by atoms with Crippen LogP contribution in [0.1, 0.15) is 5.56 Å². The van der Waals surface area contributed by atoms with Crippen LogP contribution in [0.15, 0.2) is 30.4 Å². The van der Waals surface area contributed by atoms with Gasteiger partial charge >= 0.3 is 5.97 Å². The molecule has 5 heteroatoms.